The zero-order chi connectivity index (χ0) is 14.4. The number of urea groups is 1. The first-order chi connectivity index (χ1) is 9.66. The Morgan fingerprint density at radius 2 is 2.10 bits per heavy atom. The van der Waals surface area contributed by atoms with E-state index in [-0.39, 0.29) is 24.6 Å². The minimum absolute atomic E-state index is 0.0596. The average Bonchev–Trinajstić information content (AvgIpc) is 2.96. The smallest absolute Gasteiger partial charge is 0.317 e. The third kappa shape index (κ3) is 4.37. The van der Waals surface area contributed by atoms with Gasteiger partial charge in [0, 0.05) is 32.2 Å². The largest absolute Gasteiger partial charge is 0.481 e. The Bertz CT molecular complexity index is 342. The zero-order valence-corrected chi connectivity index (χ0v) is 11.8. The molecule has 6 heteroatoms. The first-order valence-electron chi connectivity index (χ1n) is 7.54. The fourth-order valence-electron chi connectivity index (χ4n) is 2.97. The predicted octanol–water partition coefficient (Wildman–Crippen LogP) is 1.59. The van der Waals surface area contributed by atoms with Crippen LogP contribution in [0, 0.1) is 0 Å². The van der Waals surface area contributed by atoms with Crippen LogP contribution in [0.2, 0.25) is 0 Å². The van der Waals surface area contributed by atoms with Crippen LogP contribution in [0.3, 0.4) is 0 Å². The summed E-state index contributed by atoms with van der Waals surface area (Å²) in [6.45, 7) is 2.06. The third-order valence-electron chi connectivity index (χ3n) is 4.08. The molecule has 2 saturated heterocycles. The number of carbonyl (C=O) groups is 2. The maximum absolute atomic E-state index is 12.2. The summed E-state index contributed by atoms with van der Waals surface area (Å²) in [6, 6.07) is -0.0139. The van der Waals surface area contributed by atoms with Gasteiger partial charge in [0.2, 0.25) is 0 Å². The maximum Gasteiger partial charge on any atom is 0.317 e. The van der Waals surface area contributed by atoms with Crippen LogP contribution in [0.15, 0.2) is 0 Å². The molecule has 0 spiro atoms. The highest BCUT2D eigenvalue weighted by Gasteiger charge is 2.27. The van der Waals surface area contributed by atoms with E-state index in [0.717, 1.165) is 45.3 Å². The summed E-state index contributed by atoms with van der Waals surface area (Å²) in [5.41, 5.74) is 0. The number of carboxylic acid groups (broad SMARTS) is 1. The van der Waals surface area contributed by atoms with Crippen molar-refractivity contribution in [2.75, 3.05) is 19.7 Å². The lowest BCUT2D eigenvalue weighted by Gasteiger charge is -2.35. The van der Waals surface area contributed by atoms with Crippen molar-refractivity contribution in [3.8, 4) is 0 Å². The molecule has 0 radical (unpaired) electrons. The zero-order valence-electron chi connectivity index (χ0n) is 11.8. The monoisotopic (exact) mass is 284 g/mol. The van der Waals surface area contributed by atoms with Crippen molar-refractivity contribution in [1.82, 2.24) is 10.2 Å². The van der Waals surface area contributed by atoms with Gasteiger partial charge in [-0.05, 0) is 38.5 Å². The highest BCUT2D eigenvalue weighted by Crippen LogP contribution is 2.21. The summed E-state index contributed by atoms with van der Waals surface area (Å²) in [5, 5.41) is 11.7. The van der Waals surface area contributed by atoms with Crippen LogP contribution in [-0.2, 0) is 9.53 Å². The molecule has 2 aliphatic rings. The topological polar surface area (TPSA) is 78.9 Å². The number of rotatable bonds is 5. The van der Waals surface area contributed by atoms with Crippen LogP contribution in [0.25, 0.3) is 0 Å². The average molecular weight is 284 g/mol. The molecule has 2 heterocycles. The first-order valence-corrected chi connectivity index (χ1v) is 7.54. The van der Waals surface area contributed by atoms with Gasteiger partial charge in [0.15, 0.2) is 0 Å². The molecule has 114 valence electrons. The number of likely N-dealkylation sites (tertiary alicyclic amines) is 1. The lowest BCUT2D eigenvalue weighted by Crippen LogP contribution is -2.50. The van der Waals surface area contributed by atoms with Crippen LogP contribution >= 0.6 is 0 Å². The van der Waals surface area contributed by atoms with E-state index in [9.17, 15) is 9.59 Å². The van der Waals surface area contributed by atoms with Gasteiger partial charge in [-0.25, -0.2) is 4.79 Å². The van der Waals surface area contributed by atoms with E-state index in [2.05, 4.69) is 5.32 Å². The number of hydrogen-bond donors (Lipinski definition) is 2. The van der Waals surface area contributed by atoms with E-state index < -0.39 is 5.97 Å². The predicted molar refractivity (Wildman–Crippen MR) is 73.6 cm³/mol. The Kier molecular flexibility index (Phi) is 5.64. The molecule has 2 fully saturated rings. The Morgan fingerprint density at radius 1 is 1.25 bits per heavy atom. The van der Waals surface area contributed by atoms with Gasteiger partial charge >= 0.3 is 12.0 Å². The Morgan fingerprint density at radius 3 is 2.80 bits per heavy atom. The van der Waals surface area contributed by atoms with Crippen LogP contribution in [0.1, 0.15) is 44.9 Å². The molecule has 0 aromatic rings. The van der Waals surface area contributed by atoms with Crippen molar-refractivity contribution in [3.05, 3.63) is 0 Å². The highest BCUT2D eigenvalue weighted by atomic mass is 16.5. The fraction of sp³-hybridized carbons (Fsp3) is 0.857. The molecular weight excluding hydrogens is 260 g/mol. The number of nitrogens with zero attached hydrogens (tertiary/aromatic N) is 1. The second-order valence-electron chi connectivity index (χ2n) is 5.60. The Balaban J connectivity index is 1.79. The second-order valence-corrected chi connectivity index (χ2v) is 5.60. The minimum atomic E-state index is -0.796. The van der Waals surface area contributed by atoms with E-state index in [4.69, 9.17) is 9.84 Å². The molecule has 2 N–H and O–H groups in total. The van der Waals surface area contributed by atoms with E-state index >= 15 is 0 Å². The van der Waals surface area contributed by atoms with Crippen LogP contribution < -0.4 is 5.32 Å². The van der Waals surface area contributed by atoms with Crippen molar-refractivity contribution in [2.45, 2.75) is 57.1 Å². The van der Waals surface area contributed by atoms with Crippen LogP contribution in [0.5, 0.6) is 0 Å². The number of carboxylic acids is 1. The van der Waals surface area contributed by atoms with Gasteiger partial charge in [-0.2, -0.15) is 0 Å². The summed E-state index contributed by atoms with van der Waals surface area (Å²) in [4.78, 5) is 24.7. The molecular formula is C14H24N2O4. The number of piperidine rings is 1. The van der Waals surface area contributed by atoms with E-state index in [1.165, 1.54) is 0 Å². The van der Waals surface area contributed by atoms with Gasteiger partial charge in [0.25, 0.3) is 0 Å². The summed E-state index contributed by atoms with van der Waals surface area (Å²) in [5.74, 6) is -0.796. The van der Waals surface area contributed by atoms with Crippen molar-refractivity contribution in [1.29, 1.82) is 0 Å². The molecule has 0 aromatic carbocycles. The summed E-state index contributed by atoms with van der Waals surface area (Å²) in [7, 11) is 0. The van der Waals surface area contributed by atoms with Gasteiger partial charge in [-0.3, -0.25) is 4.79 Å². The molecule has 0 aromatic heterocycles. The molecule has 2 aliphatic heterocycles. The summed E-state index contributed by atoms with van der Waals surface area (Å²) >= 11 is 0. The molecule has 20 heavy (non-hydrogen) atoms. The third-order valence-corrected chi connectivity index (χ3v) is 4.08. The standard InChI is InChI=1S/C14H24N2O4/c17-13(18)7-6-11-4-1-2-8-16(11)14(19)15-10-12-5-3-9-20-12/h11-12H,1-10H2,(H,15,19)(H,17,18). The molecule has 0 bridgehead atoms. The molecule has 2 atom stereocenters. The van der Waals surface area contributed by atoms with Gasteiger partial charge in [0.1, 0.15) is 0 Å². The molecule has 6 nitrogen and oxygen atoms in total. The number of hydrogen-bond acceptors (Lipinski definition) is 3. The number of nitrogens with one attached hydrogen (secondary N) is 1. The number of ether oxygens (including phenoxy) is 1. The van der Waals surface area contributed by atoms with Gasteiger partial charge in [0.05, 0.1) is 6.10 Å². The van der Waals surface area contributed by atoms with E-state index in [0.29, 0.717) is 13.0 Å². The molecule has 2 rings (SSSR count). The van der Waals surface area contributed by atoms with Crippen molar-refractivity contribution in [2.24, 2.45) is 0 Å². The second kappa shape index (κ2) is 7.47. The van der Waals surface area contributed by atoms with Crippen LogP contribution in [-0.4, -0.2) is 53.8 Å². The van der Waals surface area contributed by atoms with Gasteiger partial charge in [-0.15, -0.1) is 0 Å². The highest BCUT2D eigenvalue weighted by molar-refractivity contribution is 5.75. The summed E-state index contributed by atoms with van der Waals surface area (Å²) < 4.78 is 5.49. The van der Waals surface area contributed by atoms with Crippen molar-refractivity contribution >= 4 is 12.0 Å². The quantitative estimate of drug-likeness (QED) is 0.803. The SMILES string of the molecule is O=C(O)CCC1CCCCN1C(=O)NCC1CCCO1. The van der Waals surface area contributed by atoms with Crippen molar-refractivity contribution in [3.63, 3.8) is 0 Å². The lowest BCUT2D eigenvalue weighted by molar-refractivity contribution is -0.137. The van der Waals surface area contributed by atoms with Gasteiger partial charge < -0.3 is 20.1 Å². The maximum atomic E-state index is 12.2. The van der Waals surface area contributed by atoms with Gasteiger partial charge in [-0.1, -0.05) is 0 Å². The normalized spacial score (nSPS) is 26.5. The van der Waals surface area contributed by atoms with E-state index in [1.807, 2.05) is 0 Å². The van der Waals surface area contributed by atoms with Crippen molar-refractivity contribution < 1.29 is 19.4 Å². The molecule has 2 unspecified atom stereocenters. The Hall–Kier alpha value is -1.30. The fourth-order valence-corrected chi connectivity index (χ4v) is 2.97. The number of amides is 2. The summed E-state index contributed by atoms with van der Waals surface area (Å²) in [6.07, 6.45) is 5.84. The van der Waals surface area contributed by atoms with Crippen LogP contribution in [0.4, 0.5) is 4.79 Å². The van der Waals surface area contributed by atoms with E-state index in [1.54, 1.807) is 4.90 Å². The first kappa shape index (κ1) is 15.1. The molecule has 2 amide bonds. The Labute approximate surface area is 119 Å². The minimum Gasteiger partial charge on any atom is -0.481 e. The number of carbonyl (C=O) groups excluding carboxylic acids is 1. The molecule has 0 saturated carbocycles. The number of aliphatic carboxylic acids is 1. The molecule has 0 aliphatic carbocycles. The lowest BCUT2D eigenvalue weighted by atomic mass is 9.98.